The number of esters is 1. The topological polar surface area (TPSA) is 43.4 Å². The van der Waals surface area contributed by atoms with E-state index in [0.29, 0.717) is 18.8 Å². The summed E-state index contributed by atoms with van der Waals surface area (Å²) in [5, 5.41) is 0.898. The Morgan fingerprint density at radius 3 is 2.89 bits per heavy atom. The fraction of sp³-hybridized carbons (Fsp3) is 0.867. The molecule has 0 aromatic carbocycles. The normalized spacial score (nSPS) is 44.8. The highest BCUT2D eigenvalue weighted by atomic mass is 79.9. The van der Waals surface area contributed by atoms with Gasteiger partial charge in [0.15, 0.2) is 5.78 Å². The lowest BCUT2D eigenvalue weighted by Gasteiger charge is -2.49. The molecule has 0 aliphatic heterocycles. The maximum absolute atomic E-state index is 12.6. The molecule has 3 saturated carbocycles. The molecule has 0 amide bonds. The van der Waals surface area contributed by atoms with Crippen LogP contribution in [0.1, 0.15) is 44.9 Å². The van der Waals surface area contributed by atoms with E-state index in [2.05, 4.69) is 15.9 Å². The van der Waals surface area contributed by atoms with Crippen LogP contribution in [0.5, 0.6) is 0 Å². The van der Waals surface area contributed by atoms with Crippen LogP contribution in [0.4, 0.5) is 0 Å². The van der Waals surface area contributed by atoms with Crippen LogP contribution < -0.4 is 0 Å². The molecule has 3 aliphatic carbocycles. The Balaban J connectivity index is 2.11. The number of ether oxygens (including phenoxy) is 1. The molecule has 19 heavy (non-hydrogen) atoms. The van der Waals surface area contributed by atoms with Crippen molar-refractivity contribution in [1.82, 2.24) is 0 Å². The molecule has 0 aromatic rings. The van der Waals surface area contributed by atoms with E-state index in [1.807, 2.05) is 0 Å². The van der Waals surface area contributed by atoms with E-state index in [1.54, 1.807) is 0 Å². The zero-order valence-electron chi connectivity index (χ0n) is 11.4. The maximum atomic E-state index is 12.6. The number of Topliss-reactive ketones (excluding diaryl/α,β-unsaturated/α-hetero) is 1. The van der Waals surface area contributed by atoms with E-state index in [-0.39, 0.29) is 23.1 Å². The van der Waals surface area contributed by atoms with Crippen molar-refractivity contribution < 1.29 is 14.3 Å². The van der Waals surface area contributed by atoms with Gasteiger partial charge in [0.25, 0.3) is 0 Å². The van der Waals surface area contributed by atoms with Gasteiger partial charge in [0.05, 0.1) is 7.11 Å². The summed E-state index contributed by atoms with van der Waals surface area (Å²) in [6.07, 6.45) is 6.83. The van der Waals surface area contributed by atoms with Crippen molar-refractivity contribution in [3.8, 4) is 0 Å². The van der Waals surface area contributed by atoms with Crippen molar-refractivity contribution in [2.75, 3.05) is 12.4 Å². The first kappa shape index (κ1) is 13.6. The Morgan fingerprint density at radius 2 is 2.21 bits per heavy atom. The van der Waals surface area contributed by atoms with Gasteiger partial charge in [-0.3, -0.25) is 9.59 Å². The minimum absolute atomic E-state index is 0.144. The van der Waals surface area contributed by atoms with Crippen LogP contribution in [0.25, 0.3) is 0 Å². The fourth-order valence-corrected chi connectivity index (χ4v) is 6.21. The third kappa shape index (κ3) is 1.55. The quantitative estimate of drug-likeness (QED) is 0.444. The molecular formula is C15H21BrO3. The molecule has 4 heteroatoms. The molecule has 106 valence electrons. The molecule has 4 unspecified atom stereocenters. The Morgan fingerprint density at radius 1 is 1.42 bits per heavy atom. The first-order valence-electron chi connectivity index (χ1n) is 7.29. The minimum atomic E-state index is -0.814. The van der Waals surface area contributed by atoms with Gasteiger partial charge in [0, 0.05) is 11.8 Å². The summed E-state index contributed by atoms with van der Waals surface area (Å²) in [4.78, 5) is 25.0. The first-order chi connectivity index (χ1) is 9.11. The maximum Gasteiger partial charge on any atom is 0.319 e. The lowest BCUT2D eigenvalue weighted by molar-refractivity contribution is -0.167. The van der Waals surface area contributed by atoms with Gasteiger partial charge in [-0.2, -0.15) is 0 Å². The zero-order valence-corrected chi connectivity index (χ0v) is 13.0. The molecule has 0 heterocycles. The molecule has 3 fully saturated rings. The van der Waals surface area contributed by atoms with Gasteiger partial charge in [-0.05, 0) is 42.9 Å². The van der Waals surface area contributed by atoms with E-state index >= 15 is 0 Å². The van der Waals surface area contributed by atoms with E-state index in [1.165, 1.54) is 20.0 Å². The van der Waals surface area contributed by atoms with Gasteiger partial charge in [-0.15, -0.1) is 0 Å². The molecule has 2 bridgehead atoms. The summed E-state index contributed by atoms with van der Waals surface area (Å²) < 4.78 is 5.04. The molecule has 3 rings (SSSR count). The second kappa shape index (κ2) is 4.57. The highest BCUT2D eigenvalue weighted by molar-refractivity contribution is 9.09. The summed E-state index contributed by atoms with van der Waals surface area (Å²) in [7, 11) is 1.42. The number of hydrogen-bond acceptors (Lipinski definition) is 3. The molecule has 0 spiro atoms. The largest absolute Gasteiger partial charge is 0.468 e. The van der Waals surface area contributed by atoms with Crippen molar-refractivity contribution in [1.29, 1.82) is 0 Å². The Bertz CT molecular complexity index is 412. The predicted molar refractivity (Wildman–Crippen MR) is 75.0 cm³/mol. The second-order valence-electron chi connectivity index (χ2n) is 6.47. The molecule has 0 N–H and O–H groups in total. The lowest BCUT2D eigenvalue weighted by Crippen LogP contribution is -2.52. The van der Waals surface area contributed by atoms with Crippen LogP contribution in [0.2, 0.25) is 0 Å². The van der Waals surface area contributed by atoms with E-state index in [0.717, 1.165) is 24.6 Å². The van der Waals surface area contributed by atoms with Gasteiger partial charge in [0.1, 0.15) is 5.41 Å². The highest BCUT2D eigenvalue weighted by Crippen LogP contribution is 2.69. The van der Waals surface area contributed by atoms with Gasteiger partial charge >= 0.3 is 5.97 Å². The average Bonchev–Trinajstić information content (AvgIpc) is 2.69. The molecule has 3 nitrogen and oxygen atoms in total. The molecule has 3 aliphatic rings. The Kier molecular flexibility index (Phi) is 3.27. The SMILES string of the molecule is COC(=O)C12CC(CBr)C3(CCCCC13)CCC2=O. The Hall–Kier alpha value is -0.380. The monoisotopic (exact) mass is 328 g/mol. The van der Waals surface area contributed by atoms with Gasteiger partial charge in [-0.1, -0.05) is 28.8 Å². The van der Waals surface area contributed by atoms with Gasteiger partial charge < -0.3 is 4.74 Å². The minimum Gasteiger partial charge on any atom is -0.468 e. The number of carbonyl (C=O) groups excluding carboxylic acids is 2. The third-order valence-electron chi connectivity index (χ3n) is 6.11. The first-order valence-corrected chi connectivity index (χ1v) is 8.41. The summed E-state index contributed by atoms with van der Waals surface area (Å²) >= 11 is 3.62. The number of methoxy groups -OCH3 is 1. The molecule has 0 aromatic heterocycles. The third-order valence-corrected chi connectivity index (χ3v) is 6.89. The van der Waals surface area contributed by atoms with Crippen LogP contribution in [-0.2, 0) is 14.3 Å². The predicted octanol–water partition coefficient (Wildman–Crippen LogP) is 3.10. The van der Waals surface area contributed by atoms with Crippen molar-refractivity contribution in [2.24, 2.45) is 22.7 Å². The van der Waals surface area contributed by atoms with E-state index in [9.17, 15) is 9.59 Å². The number of rotatable bonds is 2. The summed E-state index contributed by atoms with van der Waals surface area (Å²) in [6, 6.07) is 0. The standard InChI is InChI=1S/C15H21BrO3/c1-19-13(18)15-8-10(9-16)14(7-5-12(15)17)6-3-2-4-11(14)15/h10-11H,2-9H2,1H3. The number of halogens is 1. The van der Waals surface area contributed by atoms with Crippen LogP contribution in [0, 0.1) is 22.7 Å². The van der Waals surface area contributed by atoms with Crippen LogP contribution in [0.3, 0.4) is 0 Å². The molecule has 0 radical (unpaired) electrons. The molecule has 4 atom stereocenters. The van der Waals surface area contributed by atoms with Gasteiger partial charge in [-0.25, -0.2) is 0 Å². The van der Waals surface area contributed by atoms with E-state index < -0.39 is 5.41 Å². The summed E-state index contributed by atoms with van der Waals surface area (Å²) in [5.41, 5.74) is -0.601. The number of alkyl halides is 1. The fourth-order valence-electron chi connectivity index (χ4n) is 5.33. The van der Waals surface area contributed by atoms with Crippen molar-refractivity contribution >= 4 is 27.7 Å². The van der Waals surface area contributed by atoms with Crippen LogP contribution in [0.15, 0.2) is 0 Å². The lowest BCUT2D eigenvalue weighted by atomic mass is 9.54. The van der Waals surface area contributed by atoms with Crippen molar-refractivity contribution in [2.45, 2.75) is 44.9 Å². The zero-order chi connectivity index (χ0) is 13.7. The van der Waals surface area contributed by atoms with Gasteiger partial charge in [0.2, 0.25) is 0 Å². The number of ketones is 1. The average molecular weight is 329 g/mol. The highest BCUT2D eigenvalue weighted by Gasteiger charge is 2.70. The molecule has 0 saturated heterocycles. The van der Waals surface area contributed by atoms with Crippen molar-refractivity contribution in [3.63, 3.8) is 0 Å². The summed E-state index contributed by atoms with van der Waals surface area (Å²) in [6.45, 7) is 0. The van der Waals surface area contributed by atoms with Crippen LogP contribution >= 0.6 is 15.9 Å². The smallest absolute Gasteiger partial charge is 0.319 e. The number of hydrogen-bond donors (Lipinski definition) is 0. The van der Waals surface area contributed by atoms with E-state index in [4.69, 9.17) is 4.74 Å². The van der Waals surface area contributed by atoms with Crippen molar-refractivity contribution in [3.05, 3.63) is 0 Å². The summed E-state index contributed by atoms with van der Waals surface area (Å²) in [5.74, 6) is 0.551. The molecular weight excluding hydrogens is 308 g/mol. The second-order valence-corrected chi connectivity index (χ2v) is 7.12. The number of carbonyl (C=O) groups is 2. The Labute approximate surface area is 122 Å². The van der Waals surface area contributed by atoms with Crippen LogP contribution in [-0.4, -0.2) is 24.2 Å².